The van der Waals surface area contributed by atoms with E-state index in [2.05, 4.69) is 0 Å². The van der Waals surface area contributed by atoms with Crippen molar-refractivity contribution in [3.8, 4) is 0 Å². The third kappa shape index (κ3) is 3.67. The van der Waals surface area contributed by atoms with Crippen LogP contribution >= 0.6 is 11.8 Å². The molecule has 0 aliphatic carbocycles. The van der Waals surface area contributed by atoms with Crippen molar-refractivity contribution in [2.24, 2.45) is 0 Å². The fourth-order valence-electron chi connectivity index (χ4n) is 3.68. The number of rotatable bonds is 3. The molecule has 0 bridgehead atoms. The molecule has 2 aliphatic heterocycles. The van der Waals surface area contributed by atoms with Gasteiger partial charge in [-0.15, -0.1) is 11.8 Å². The minimum Gasteiger partial charge on any atom is -0.338 e. The summed E-state index contributed by atoms with van der Waals surface area (Å²) in [5.74, 6) is -1.03. The molecule has 1 saturated heterocycles. The van der Waals surface area contributed by atoms with E-state index in [4.69, 9.17) is 0 Å². The average molecular weight is 433 g/mol. The van der Waals surface area contributed by atoms with Crippen molar-refractivity contribution in [1.82, 2.24) is 4.90 Å². The molecule has 0 atom stereocenters. The van der Waals surface area contributed by atoms with E-state index in [9.17, 15) is 17.6 Å². The maximum atomic E-state index is 14.0. The summed E-state index contributed by atoms with van der Waals surface area (Å²) >= 11 is 1.55. The first kappa shape index (κ1) is 20.0. The topological polar surface area (TPSA) is 57.7 Å². The van der Waals surface area contributed by atoms with E-state index in [-0.39, 0.29) is 15.5 Å². The molecule has 1 amide bonds. The number of sulfone groups is 1. The van der Waals surface area contributed by atoms with Gasteiger partial charge in [0, 0.05) is 29.9 Å². The Hall–Kier alpha value is -2.32. The number of carbonyl (C=O) groups is 1. The van der Waals surface area contributed by atoms with E-state index in [1.54, 1.807) is 21.6 Å². The van der Waals surface area contributed by atoms with E-state index in [1.165, 1.54) is 18.3 Å². The van der Waals surface area contributed by atoms with E-state index in [0.29, 0.717) is 18.8 Å². The Morgan fingerprint density at radius 2 is 1.83 bits per heavy atom. The predicted molar refractivity (Wildman–Crippen MR) is 112 cm³/mol. The Bertz CT molecular complexity index is 1090. The van der Waals surface area contributed by atoms with Crippen molar-refractivity contribution in [2.45, 2.75) is 29.1 Å². The van der Waals surface area contributed by atoms with Gasteiger partial charge in [-0.05, 0) is 61.9 Å². The number of piperidine rings is 1. The monoisotopic (exact) mass is 432 g/mol. The fraction of sp³-hybridized carbons (Fsp3) is 0.286. The molecule has 5 nitrogen and oxygen atoms in total. The van der Waals surface area contributed by atoms with Gasteiger partial charge in [-0.2, -0.15) is 0 Å². The zero-order chi connectivity index (χ0) is 20.6. The van der Waals surface area contributed by atoms with Crippen molar-refractivity contribution in [3.63, 3.8) is 0 Å². The van der Waals surface area contributed by atoms with E-state index >= 15 is 0 Å². The van der Waals surface area contributed by atoms with Crippen molar-refractivity contribution >= 4 is 38.9 Å². The number of carbonyl (C=O) groups excluding carboxylic acids is 1. The minimum absolute atomic E-state index is 0.0590. The Labute approximate surface area is 174 Å². The second-order valence-corrected chi connectivity index (χ2v) is 9.80. The summed E-state index contributed by atoms with van der Waals surface area (Å²) in [6.07, 6.45) is 6.04. The molecule has 4 rings (SSSR count). The van der Waals surface area contributed by atoms with Gasteiger partial charge in [0.05, 0.1) is 10.6 Å². The lowest BCUT2D eigenvalue weighted by Crippen LogP contribution is -2.39. The molecular weight excluding hydrogens is 411 g/mol. The van der Waals surface area contributed by atoms with Gasteiger partial charge in [-0.1, -0.05) is 6.07 Å². The van der Waals surface area contributed by atoms with Crippen LogP contribution in [0.25, 0.3) is 0 Å². The van der Waals surface area contributed by atoms with Crippen LogP contribution in [0.3, 0.4) is 0 Å². The van der Waals surface area contributed by atoms with Crippen LogP contribution in [0.5, 0.6) is 0 Å². The maximum absolute atomic E-state index is 14.0. The second-order valence-electron chi connectivity index (χ2n) is 7.03. The normalized spacial score (nSPS) is 18.2. The zero-order valence-electron chi connectivity index (χ0n) is 16.0. The summed E-state index contributed by atoms with van der Waals surface area (Å²) in [5, 5.41) is 0. The maximum Gasteiger partial charge on any atom is 0.267 e. The Balaban J connectivity index is 1.87. The highest BCUT2D eigenvalue weighted by Gasteiger charge is 2.38. The largest absolute Gasteiger partial charge is 0.338 e. The van der Waals surface area contributed by atoms with Gasteiger partial charge in [0.15, 0.2) is 4.91 Å². The summed E-state index contributed by atoms with van der Waals surface area (Å²) < 4.78 is 40.5. The predicted octanol–water partition coefficient (Wildman–Crippen LogP) is 4.33. The van der Waals surface area contributed by atoms with Gasteiger partial charge < -0.3 is 9.80 Å². The highest BCUT2D eigenvalue weighted by molar-refractivity contribution is 7.98. The first-order valence-corrected chi connectivity index (χ1v) is 12.1. The molecule has 0 saturated carbocycles. The number of benzene rings is 2. The number of halogens is 1. The molecule has 2 aromatic rings. The number of nitrogens with zero attached hydrogens (tertiary/aromatic N) is 2. The molecule has 29 heavy (non-hydrogen) atoms. The van der Waals surface area contributed by atoms with Crippen molar-refractivity contribution in [2.75, 3.05) is 24.2 Å². The smallest absolute Gasteiger partial charge is 0.267 e. The molecule has 2 aliphatic rings. The van der Waals surface area contributed by atoms with Gasteiger partial charge in [-0.3, -0.25) is 4.79 Å². The third-order valence-electron chi connectivity index (χ3n) is 5.19. The van der Waals surface area contributed by atoms with Gasteiger partial charge in [0.25, 0.3) is 5.91 Å². The summed E-state index contributed by atoms with van der Waals surface area (Å²) in [5.41, 5.74) is 0.876. The molecule has 0 N–H and O–H groups in total. The molecule has 0 spiro atoms. The lowest BCUT2D eigenvalue weighted by Gasteiger charge is -2.32. The van der Waals surface area contributed by atoms with Crippen LogP contribution < -0.4 is 4.90 Å². The number of hydrogen-bond acceptors (Lipinski definition) is 5. The standard InChI is InChI=1S/C21H21FN2O3S2/c1-28-17-7-5-6-16(13-17)24-14-20(21(25)23-10-3-2-4-11-23)29(26,27)19-9-8-15(22)12-18(19)24/h5-9,12-14H,2-4,10-11H2,1H3. The Morgan fingerprint density at radius 1 is 1.07 bits per heavy atom. The van der Waals surface area contributed by atoms with Crippen LogP contribution in [-0.2, 0) is 14.6 Å². The Kier molecular flexibility index (Phi) is 5.40. The van der Waals surface area contributed by atoms with E-state index in [1.807, 2.05) is 30.5 Å². The fourth-order valence-corrected chi connectivity index (χ4v) is 5.65. The molecular formula is C21H21FN2O3S2. The quantitative estimate of drug-likeness (QED) is 0.534. The van der Waals surface area contributed by atoms with Crippen LogP contribution in [0.4, 0.5) is 15.8 Å². The molecule has 2 aromatic carbocycles. The Morgan fingerprint density at radius 3 is 2.55 bits per heavy atom. The number of likely N-dealkylation sites (tertiary alicyclic amines) is 1. The SMILES string of the molecule is CSc1cccc(N2C=C(C(=O)N3CCCCC3)S(=O)(=O)c3ccc(F)cc32)c1. The molecule has 1 fully saturated rings. The highest BCUT2D eigenvalue weighted by atomic mass is 32.2. The number of amides is 1. The van der Waals surface area contributed by atoms with Crippen molar-refractivity contribution < 1.29 is 17.6 Å². The zero-order valence-corrected chi connectivity index (χ0v) is 17.6. The first-order valence-electron chi connectivity index (χ1n) is 9.41. The average Bonchev–Trinajstić information content (AvgIpc) is 2.74. The van der Waals surface area contributed by atoms with Gasteiger partial charge in [0.2, 0.25) is 9.84 Å². The van der Waals surface area contributed by atoms with Crippen molar-refractivity contribution in [1.29, 1.82) is 0 Å². The minimum atomic E-state index is -4.05. The summed E-state index contributed by atoms with van der Waals surface area (Å²) in [7, 11) is -4.05. The van der Waals surface area contributed by atoms with Gasteiger partial charge >= 0.3 is 0 Å². The number of anilines is 2. The van der Waals surface area contributed by atoms with Crippen LogP contribution in [0.15, 0.2) is 63.4 Å². The molecule has 8 heteroatoms. The molecule has 2 heterocycles. The number of thioether (sulfide) groups is 1. The van der Waals surface area contributed by atoms with Crippen LogP contribution in [0, 0.1) is 5.82 Å². The second kappa shape index (κ2) is 7.84. The molecule has 152 valence electrons. The molecule has 0 radical (unpaired) electrons. The third-order valence-corrected chi connectivity index (χ3v) is 7.70. The number of hydrogen-bond donors (Lipinski definition) is 0. The summed E-state index contributed by atoms with van der Waals surface area (Å²) in [6, 6.07) is 11.0. The highest BCUT2D eigenvalue weighted by Crippen LogP contribution is 2.41. The van der Waals surface area contributed by atoms with Gasteiger partial charge in [0.1, 0.15) is 5.82 Å². The molecule has 0 aromatic heterocycles. The van der Waals surface area contributed by atoms with Crippen LogP contribution in [0.2, 0.25) is 0 Å². The first-order chi connectivity index (χ1) is 13.9. The summed E-state index contributed by atoms with van der Waals surface area (Å²) in [4.78, 5) is 17.0. The summed E-state index contributed by atoms with van der Waals surface area (Å²) in [6.45, 7) is 1.09. The van der Waals surface area contributed by atoms with Crippen LogP contribution in [-0.4, -0.2) is 38.6 Å². The lowest BCUT2D eigenvalue weighted by atomic mass is 10.1. The van der Waals surface area contributed by atoms with Crippen LogP contribution in [0.1, 0.15) is 19.3 Å². The van der Waals surface area contributed by atoms with E-state index < -0.39 is 21.6 Å². The van der Waals surface area contributed by atoms with Crippen molar-refractivity contribution in [3.05, 3.63) is 59.4 Å². The van der Waals surface area contributed by atoms with E-state index in [0.717, 1.165) is 30.2 Å². The molecule has 0 unspecified atom stereocenters. The van der Waals surface area contributed by atoms with Gasteiger partial charge in [-0.25, -0.2) is 12.8 Å². The lowest BCUT2D eigenvalue weighted by molar-refractivity contribution is -0.127. The number of fused-ring (bicyclic) bond motifs is 1.